The van der Waals surface area contributed by atoms with Crippen LogP contribution in [0.25, 0.3) is 0 Å². The Bertz CT molecular complexity index is 1210. The first-order valence-corrected chi connectivity index (χ1v) is 13.8. The predicted molar refractivity (Wildman–Crippen MR) is 130 cm³/mol. The van der Waals surface area contributed by atoms with Crippen LogP contribution in [0.4, 0.5) is 0 Å². The molecule has 6 aliphatic rings. The first kappa shape index (κ1) is 22.3. The molecule has 1 spiro atoms. The van der Waals surface area contributed by atoms with Crippen LogP contribution in [-0.4, -0.2) is 22.5 Å². The van der Waals surface area contributed by atoms with Gasteiger partial charge in [0.1, 0.15) is 5.76 Å². The van der Waals surface area contributed by atoms with Crippen molar-refractivity contribution in [2.45, 2.75) is 104 Å². The van der Waals surface area contributed by atoms with Gasteiger partial charge in [-0.15, -0.1) is 0 Å². The largest absolute Gasteiger partial charge is 0.449 e. The summed E-state index contributed by atoms with van der Waals surface area (Å²) in [5.41, 5.74) is 0.376. The summed E-state index contributed by atoms with van der Waals surface area (Å²) >= 11 is 0. The van der Waals surface area contributed by atoms with E-state index in [1.807, 2.05) is 12.3 Å². The summed E-state index contributed by atoms with van der Waals surface area (Å²) in [5, 5.41) is 4.14. The number of fused-ring (bicyclic) bond motifs is 5. The Morgan fingerprint density at radius 2 is 1.74 bits per heavy atom. The second-order valence-electron chi connectivity index (χ2n) is 14.5. The van der Waals surface area contributed by atoms with E-state index in [2.05, 4.69) is 46.7 Å². The highest BCUT2D eigenvalue weighted by atomic mass is 16.6. The van der Waals surface area contributed by atoms with Crippen LogP contribution in [0.1, 0.15) is 104 Å². The van der Waals surface area contributed by atoms with Crippen molar-refractivity contribution in [2.75, 3.05) is 0 Å². The molecule has 2 bridgehead atoms. The summed E-state index contributed by atoms with van der Waals surface area (Å²) in [4.78, 5) is 28.2. The lowest BCUT2D eigenvalue weighted by Crippen LogP contribution is -2.71. The number of esters is 1. The smallest absolute Gasteiger partial charge is 0.313 e. The molecule has 1 saturated heterocycles. The molecular formula is C30H39NO4. The summed E-state index contributed by atoms with van der Waals surface area (Å²) < 4.78 is 12.2. The molecular weight excluding hydrogens is 438 g/mol. The van der Waals surface area contributed by atoms with Crippen LogP contribution in [0.3, 0.4) is 0 Å². The summed E-state index contributed by atoms with van der Waals surface area (Å²) in [6, 6.07) is 0. The van der Waals surface area contributed by atoms with Gasteiger partial charge in [0.25, 0.3) is 0 Å². The molecule has 5 nitrogen and oxygen atoms in total. The van der Waals surface area contributed by atoms with Gasteiger partial charge in [-0.05, 0) is 79.6 Å². The summed E-state index contributed by atoms with van der Waals surface area (Å²) in [6.07, 6.45) is 11.3. The minimum atomic E-state index is -1.02. The van der Waals surface area contributed by atoms with Gasteiger partial charge in [0.2, 0.25) is 0 Å². The average molecular weight is 478 g/mol. The molecule has 0 aromatic carbocycles. The number of aromatic nitrogens is 1. The van der Waals surface area contributed by atoms with E-state index in [4.69, 9.17) is 9.26 Å². The molecule has 5 aliphatic carbocycles. The molecule has 0 radical (unpaired) electrons. The lowest BCUT2D eigenvalue weighted by atomic mass is 9.34. The predicted octanol–water partition coefficient (Wildman–Crippen LogP) is 6.17. The molecule has 1 aliphatic heterocycles. The molecule has 3 saturated carbocycles. The van der Waals surface area contributed by atoms with Crippen molar-refractivity contribution in [1.82, 2.24) is 5.16 Å². The Morgan fingerprint density at radius 3 is 2.51 bits per heavy atom. The zero-order valence-corrected chi connectivity index (χ0v) is 22.1. The lowest BCUT2D eigenvalue weighted by Gasteiger charge is -2.68. The molecule has 2 heterocycles. The standard InChI is InChI=1S/C30H39NO4/c1-17-19-7-8-27(5)20(26(19,4)14-18-16-31-35-23(17)18)13-22(32)30-21-15-25(2,3)9-11-29(21,24(33)34-30)12-10-28(27,30)6/h13,16-17,19,21H,7-12,14-15H2,1-6H3/t17-,19-,21+,26-,27+,28-,29-,30+/m0/s1. The van der Waals surface area contributed by atoms with E-state index in [1.165, 1.54) is 11.1 Å². The van der Waals surface area contributed by atoms with Gasteiger partial charge in [-0.1, -0.05) is 52.3 Å². The van der Waals surface area contributed by atoms with E-state index < -0.39 is 16.4 Å². The number of nitrogens with zero attached hydrogens (tertiary/aromatic N) is 1. The third-order valence-corrected chi connectivity index (χ3v) is 12.8. The Morgan fingerprint density at radius 1 is 1.00 bits per heavy atom. The normalized spacial score (nSPS) is 51.3. The maximum absolute atomic E-state index is 14.5. The van der Waals surface area contributed by atoms with Crippen molar-refractivity contribution in [2.24, 2.45) is 38.9 Å². The molecule has 1 aromatic heterocycles. The van der Waals surface area contributed by atoms with Gasteiger partial charge in [-0.25, -0.2) is 0 Å². The minimum Gasteiger partial charge on any atom is -0.449 e. The quantitative estimate of drug-likeness (QED) is 0.418. The van der Waals surface area contributed by atoms with Crippen molar-refractivity contribution in [3.63, 3.8) is 0 Å². The highest BCUT2D eigenvalue weighted by molar-refractivity contribution is 6.05. The van der Waals surface area contributed by atoms with E-state index in [-0.39, 0.29) is 39.8 Å². The average Bonchev–Trinajstić information content (AvgIpc) is 3.31. The molecule has 8 atom stereocenters. The number of ether oxygens (including phenoxy) is 1. The molecule has 0 N–H and O–H groups in total. The van der Waals surface area contributed by atoms with Crippen LogP contribution >= 0.6 is 0 Å². The third kappa shape index (κ3) is 2.19. The highest BCUT2D eigenvalue weighted by Gasteiger charge is 2.82. The van der Waals surface area contributed by atoms with Crippen LogP contribution in [0.15, 0.2) is 22.4 Å². The maximum Gasteiger partial charge on any atom is 0.313 e. The van der Waals surface area contributed by atoms with Gasteiger partial charge in [0.05, 0.1) is 11.6 Å². The van der Waals surface area contributed by atoms with Crippen molar-refractivity contribution in [1.29, 1.82) is 0 Å². The number of carbonyl (C=O) groups excluding carboxylic acids is 2. The molecule has 4 fully saturated rings. The fraction of sp³-hybridized carbons (Fsp3) is 0.767. The van der Waals surface area contributed by atoms with Crippen molar-refractivity contribution < 1.29 is 18.8 Å². The molecule has 7 rings (SSSR count). The molecule has 188 valence electrons. The Hall–Kier alpha value is -1.91. The van der Waals surface area contributed by atoms with Gasteiger partial charge in [-0.3, -0.25) is 9.59 Å². The first-order valence-electron chi connectivity index (χ1n) is 13.8. The maximum atomic E-state index is 14.5. The van der Waals surface area contributed by atoms with E-state index in [0.29, 0.717) is 5.92 Å². The number of carbonyl (C=O) groups is 2. The topological polar surface area (TPSA) is 69.4 Å². The highest BCUT2D eigenvalue weighted by Crippen LogP contribution is 2.78. The van der Waals surface area contributed by atoms with E-state index in [9.17, 15) is 9.59 Å². The van der Waals surface area contributed by atoms with Crippen LogP contribution in [0.5, 0.6) is 0 Å². The summed E-state index contributed by atoms with van der Waals surface area (Å²) in [6.45, 7) is 13.9. The van der Waals surface area contributed by atoms with Crippen LogP contribution in [0, 0.1) is 38.9 Å². The van der Waals surface area contributed by atoms with Gasteiger partial charge < -0.3 is 9.26 Å². The SMILES string of the molecule is C[C@@H]1c2oncc2C[C@]2(C)C3=CC(=O)[C@]45OC(=O)[C@@]6(CCC(C)(C)C[C@H]64)CC[C@@]5(C)[C@]3(C)CC[C@@H]12. The number of allylic oxidation sites excluding steroid dienone is 1. The lowest BCUT2D eigenvalue weighted by molar-refractivity contribution is -0.206. The van der Waals surface area contributed by atoms with Crippen molar-refractivity contribution in [3.05, 3.63) is 29.2 Å². The fourth-order valence-electron chi connectivity index (χ4n) is 10.7. The van der Waals surface area contributed by atoms with Crippen LogP contribution in [0.2, 0.25) is 0 Å². The zero-order valence-electron chi connectivity index (χ0n) is 22.1. The summed E-state index contributed by atoms with van der Waals surface area (Å²) in [5.74, 6) is 1.67. The molecule has 1 aromatic rings. The number of hydrogen-bond donors (Lipinski definition) is 0. The fourth-order valence-corrected chi connectivity index (χ4v) is 10.7. The number of rotatable bonds is 0. The Kier molecular flexibility index (Phi) is 3.91. The van der Waals surface area contributed by atoms with Crippen LogP contribution in [-0.2, 0) is 20.7 Å². The summed E-state index contributed by atoms with van der Waals surface area (Å²) in [7, 11) is 0. The first-order chi connectivity index (χ1) is 16.3. The molecule has 0 amide bonds. The van der Waals surface area contributed by atoms with Gasteiger partial charge in [0.15, 0.2) is 11.4 Å². The number of ketones is 1. The Labute approximate surface area is 208 Å². The minimum absolute atomic E-state index is 0.0207. The second-order valence-corrected chi connectivity index (χ2v) is 14.5. The molecule has 35 heavy (non-hydrogen) atoms. The van der Waals surface area contributed by atoms with Crippen molar-refractivity contribution in [3.8, 4) is 0 Å². The Balaban J connectivity index is 1.43. The molecule has 5 heteroatoms. The van der Waals surface area contributed by atoms with E-state index in [0.717, 1.165) is 57.1 Å². The van der Waals surface area contributed by atoms with Gasteiger partial charge >= 0.3 is 5.97 Å². The van der Waals surface area contributed by atoms with E-state index >= 15 is 0 Å². The van der Waals surface area contributed by atoms with E-state index in [1.54, 1.807) is 0 Å². The van der Waals surface area contributed by atoms with Crippen LogP contribution < -0.4 is 0 Å². The second kappa shape index (κ2) is 6.14. The monoisotopic (exact) mass is 477 g/mol. The zero-order chi connectivity index (χ0) is 24.8. The van der Waals surface area contributed by atoms with Crippen molar-refractivity contribution >= 4 is 11.8 Å². The molecule has 0 unspecified atom stereocenters. The van der Waals surface area contributed by atoms with Gasteiger partial charge in [0, 0.05) is 22.8 Å². The van der Waals surface area contributed by atoms with Gasteiger partial charge in [-0.2, -0.15) is 0 Å². The number of hydrogen-bond acceptors (Lipinski definition) is 5. The third-order valence-electron chi connectivity index (χ3n) is 12.8.